The Morgan fingerprint density at radius 2 is 2.11 bits per heavy atom. The normalized spacial score (nSPS) is 32.3. The topological polar surface area (TPSA) is 21.3 Å². The smallest absolute Gasteiger partial charge is 0.261 e. The van der Waals surface area contributed by atoms with Crippen LogP contribution in [0.25, 0.3) is 0 Å². The largest absolute Gasteiger partial charge is 0.375 e. The Bertz CT molecular complexity index is 250. The summed E-state index contributed by atoms with van der Waals surface area (Å²) < 4.78 is 28.8. The molecular weight excluding hydrogens is 236 g/mol. The van der Waals surface area contributed by atoms with E-state index in [2.05, 4.69) is 5.32 Å². The number of alkyl halides is 2. The first-order valence-corrected chi connectivity index (χ1v) is 7.22. The minimum atomic E-state index is -2.34. The highest BCUT2D eigenvalue weighted by Crippen LogP contribution is 2.49. The van der Waals surface area contributed by atoms with E-state index in [1.807, 2.05) is 7.05 Å². The molecule has 2 nitrogen and oxygen atoms in total. The van der Waals surface area contributed by atoms with Crippen LogP contribution in [0.3, 0.4) is 0 Å². The second kappa shape index (κ2) is 6.80. The summed E-state index contributed by atoms with van der Waals surface area (Å²) in [5, 5.41) is 3.31. The van der Waals surface area contributed by atoms with Crippen molar-refractivity contribution >= 4 is 0 Å². The number of fused-ring (bicyclic) bond motifs is 2. The fourth-order valence-electron chi connectivity index (χ4n) is 3.81. The van der Waals surface area contributed by atoms with Gasteiger partial charge in [-0.05, 0) is 56.9 Å². The summed E-state index contributed by atoms with van der Waals surface area (Å²) in [6.07, 6.45) is 5.36. The molecule has 18 heavy (non-hydrogen) atoms. The van der Waals surface area contributed by atoms with Crippen molar-refractivity contribution in [2.75, 3.05) is 20.3 Å². The fourth-order valence-corrected chi connectivity index (χ4v) is 3.81. The summed E-state index contributed by atoms with van der Waals surface area (Å²) in [4.78, 5) is 0. The van der Waals surface area contributed by atoms with Crippen LogP contribution in [0, 0.1) is 17.8 Å². The maximum absolute atomic E-state index is 11.9. The van der Waals surface area contributed by atoms with E-state index in [0.29, 0.717) is 12.6 Å². The Morgan fingerprint density at radius 1 is 1.28 bits per heavy atom. The molecule has 2 aliphatic rings. The van der Waals surface area contributed by atoms with Crippen LogP contribution in [-0.2, 0) is 4.74 Å². The van der Waals surface area contributed by atoms with Crippen molar-refractivity contribution in [3.05, 3.63) is 0 Å². The van der Waals surface area contributed by atoms with Gasteiger partial charge in [0.1, 0.15) is 6.61 Å². The van der Waals surface area contributed by atoms with Gasteiger partial charge < -0.3 is 10.1 Å². The van der Waals surface area contributed by atoms with E-state index in [1.54, 1.807) is 0 Å². The molecule has 0 aliphatic heterocycles. The number of nitrogens with one attached hydrogen (secondary N) is 1. The molecule has 2 bridgehead atoms. The van der Waals surface area contributed by atoms with Crippen LogP contribution in [0.15, 0.2) is 0 Å². The molecule has 0 aromatic heterocycles. The zero-order valence-corrected chi connectivity index (χ0v) is 11.2. The first-order valence-electron chi connectivity index (χ1n) is 7.22. The van der Waals surface area contributed by atoms with Crippen molar-refractivity contribution in [1.29, 1.82) is 0 Å². The second-order valence-corrected chi connectivity index (χ2v) is 5.91. The Balaban J connectivity index is 1.63. The average molecular weight is 261 g/mol. The van der Waals surface area contributed by atoms with Crippen LogP contribution in [0.4, 0.5) is 8.78 Å². The maximum Gasteiger partial charge on any atom is 0.261 e. The number of rotatable bonds is 8. The van der Waals surface area contributed by atoms with Gasteiger partial charge in [0.15, 0.2) is 0 Å². The summed E-state index contributed by atoms with van der Waals surface area (Å²) in [6, 6.07) is 0.423. The van der Waals surface area contributed by atoms with E-state index in [9.17, 15) is 8.78 Å². The Hall–Kier alpha value is -0.220. The molecule has 2 fully saturated rings. The third-order valence-corrected chi connectivity index (χ3v) is 4.73. The van der Waals surface area contributed by atoms with Gasteiger partial charge in [0.2, 0.25) is 0 Å². The van der Waals surface area contributed by atoms with Crippen molar-refractivity contribution in [2.45, 2.75) is 51.0 Å². The van der Waals surface area contributed by atoms with Crippen molar-refractivity contribution in [3.63, 3.8) is 0 Å². The summed E-state index contributed by atoms with van der Waals surface area (Å²) in [6.45, 7) is 0.0151. The number of halogens is 2. The molecular formula is C14H25F2NO. The van der Waals surface area contributed by atoms with Crippen molar-refractivity contribution in [2.24, 2.45) is 17.8 Å². The molecule has 0 aromatic rings. The SMILES string of the molecule is CNC(CCOCC(F)F)CC1CC2CCC1C2. The molecule has 2 saturated carbocycles. The quantitative estimate of drug-likeness (QED) is 0.678. The summed E-state index contributed by atoms with van der Waals surface area (Å²) in [5.74, 6) is 2.77. The van der Waals surface area contributed by atoms with Crippen molar-refractivity contribution in [3.8, 4) is 0 Å². The Morgan fingerprint density at radius 3 is 2.67 bits per heavy atom. The van der Waals surface area contributed by atoms with Crippen LogP contribution in [0.5, 0.6) is 0 Å². The lowest BCUT2D eigenvalue weighted by Crippen LogP contribution is -2.31. The van der Waals surface area contributed by atoms with Gasteiger partial charge in [-0.1, -0.05) is 6.42 Å². The van der Waals surface area contributed by atoms with E-state index in [4.69, 9.17) is 4.74 Å². The van der Waals surface area contributed by atoms with Crippen LogP contribution < -0.4 is 5.32 Å². The molecule has 4 heteroatoms. The minimum Gasteiger partial charge on any atom is -0.375 e. The highest BCUT2D eigenvalue weighted by Gasteiger charge is 2.39. The molecule has 0 spiro atoms. The van der Waals surface area contributed by atoms with Crippen LogP contribution in [0.1, 0.15) is 38.5 Å². The zero-order valence-electron chi connectivity index (χ0n) is 11.2. The monoisotopic (exact) mass is 261 g/mol. The molecule has 0 aromatic carbocycles. The average Bonchev–Trinajstić information content (AvgIpc) is 2.94. The van der Waals surface area contributed by atoms with Gasteiger partial charge >= 0.3 is 0 Å². The van der Waals surface area contributed by atoms with Gasteiger partial charge in [0.05, 0.1) is 0 Å². The Labute approximate surface area is 108 Å². The van der Waals surface area contributed by atoms with E-state index >= 15 is 0 Å². The molecule has 4 unspecified atom stereocenters. The first kappa shape index (κ1) is 14.2. The minimum absolute atomic E-state index is 0.423. The first-order chi connectivity index (χ1) is 8.69. The molecule has 2 rings (SSSR count). The predicted octanol–water partition coefficient (Wildman–Crippen LogP) is 3.07. The van der Waals surface area contributed by atoms with E-state index in [-0.39, 0.29) is 0 Å². The second-order valence-electron chi connectivity index (χ2n) is 5.91. The van der Waals surface area contributed by atoms with Crippen LogP contribution in [-0.4, -0.2) is 32.7 Å². The van der Waals surface area contributed by atoms with Crippen molar-refractivity contribution in [1.82, 2.24) is 5.32 Å². The van der Waals surface area contributed by atoms with Gasteiger partial charge in [-0.25, -0.2) is 8.78 Å². The van der Waals surface area contributed by atoms with E-state index < -0.39 is 13.0 Å². The van der Waals surface area contributed by atoms with E-state index in [1.165, 1.54) is 32.1 Å². The standard InChI is InChI=1S/C14H25F2NO/c1-17-13(4-5-18-9-14(15)16)8-12-7-10-2-3-11(12)6-10/h10-14,17H,2-9H2,1H3. The van der Waals surface area contributed by atoms with Gasteiger partial charge in [-0.3, -0.25) is 0 Å². The van der Waals surface area contributed by atoms with Crippen LogP contribution >= 0.6 is 0 Å². The van der Waals surface area contributed by atoms with Gasteiger partial charge in [0.25, 0.3) is 6.43 Å². The van der Waals surface area contributed by atoms with E-state index in [0.717, 1.165) is 24.2 Å². The molecule has 0 saturated heterocycles. The lowest BCUT2D eigenvalue weighted by Gasteiger charge is -2.26. The summed E-state index contributed by atoms with van der Waals surface area (Å²) >= 11 is 0. The molecule has 0 amide bonds. The van der Waals surface area contributed by atoms with Crippen LogP contribution in [0.2, 0.25) is 0 Å². The molecule has 2 aliphatic carbocycles. The summed E-state index contributed by atoms with van der Waals surface area (Å²) in [7, 11) is 1.96. The third-order valence-electron chi connectivity index (χ3n) is 4.73. The molecule has 4 atom stereocenters. The molecule has 106 valence electrons. The molecule has 1 N–H and O–H groups in total. The lowest BCUT2D eigenvalue weighted by atomic mass is 9.83. The number of hydrogen-bond donors (Lipinski definition) is 1. The maximum atomic E-state index is 11.9. The fraction of sp³-hybridized carbons (Fsp3) is 1.00. The third kappa shape index (κ3) is 3.89. The lowest BCUT2D eigenvalue weighted by molar-refractivity contribution is 0.0137. The number of ether oxygens (including phenoxy) is 1. The van der Waals surface area contributed by atoms with Crippen molar-refractivity contribution < 1.29 is 13.5 Å². The highest BCUT2D eigenvalue weighted by atomic mass is 19.3. The predicted molar refractivity (Wildman–Crippen MR) is 67.8 cm³/mol. The zero-order chi connectivity index (χ0) is 13.0. The summed E-state index contributed by atoms with van der Waals surface area (Å²) in [5.41, 5.74) is 0. The highest BCUT2D eigenvalue weighted by molar-refractivity contribution is 4.91. The molecule has 0 radical (unpaired) electrons. The van der Waals surface area contributed by atoms with Gasteiger partial charge in [0, 0.05) is 12.6 Å². The Kier molecular flexibility index (Phi) is 5.37. The van der Waals surface area contributed by atoms with Gasteiger partial charge in [-0.15, -0.1) is 0 Å². The van der Waals surface area contributed by atoms with Gasteiger partial charge in [-0.2, -0.15) is 0 Å². The molecule has 0 heterocycles. The number of hydrogen-bond acceptors (Lipinski definition) is 2.